The average Bonchev–Trinajstić information content (AvgIpc) is 2.50. The molecule has 0 bridgehead atoms. The van der Waals surface area contributed by atoms with E-state index >= 15 is 0 Å². The van der Waals surface area contributed by atoms with Gasteiger partial charge in [0.15, 0.2) is 0 Å². The zero-order valence-corrected chi connectivity index (χ0v) is 12.9. The maximum atomic E-state index is 13.4. The van der Waals surface area contributed by atoms with E-state index in [2.05, 4.69) is 0 Å². The van der Waals surface area contributed by atoms with Crippen LogP contribution < -0.4 is 4.90 Å². The maximum Gasteiger partial charge on any atom is 0.219 e. The van der Waals surface area contributed by atoms with Crippen LogP contribution in [0.15, 0.2) is 24.3 Å². The van der Waals surface area contributed by atoms with Gasteiger partial charge in [-0.25, -0.2) is 4.39 Å². The van der Waals surface area contributed by atoms with Crippen LogP contribution >= 0.6 is 0 Å². The third-order valence-corrected chi connectivity index (χ3v) is 3.97. The van der Waals surface area contributed by atoms with E-state index in [4.69, 9.17) is 4.74 Å². The summed E-state index contributed by atoms with van der Waals surface area (Å²) in [5.41, 5.74) is 0.497. The Morgan fingerprint density at radius 3 is 2.73 bits per heavy atom. The SMILES string of the molecule is CC(=O)N1CC[NH+](C[C@@H](O)COCc2ccccc2F)CC1. The number of nitrogens with zero attached hydrogens (tertiary/aromatic N) is 1. The van der Waals surface area contributed by atoms with Crippen LogP contribution in [0.1, 0.15) is 12.5 Å². The van der Waals surface area contributed by atoms with Crippen LogP contribution in [0.5, 0.6) is 0 Å². The van der Waals surface area contributed by atoms with E-state index in [-0.39, 0.29) is 24.9 Å². The summed E-state index contributed by atoms with van der Waals surface area (Å²) in [4.78, 5) is 14.3. The van der Waals surface area contributed by atoms with Gasteiger partial charge >= 0.3 is 0 Å². The molecule has 6 heteroatoms. The van der Waals surface area contributed by atoms with Crippen LogP contribution in [0.3, 0.4) is 0 Å². The highest BCUT2D eigenvalue weighted by molar-refractivity contribution is 5.73. The molecule has 1 aromatic rings. The molecular formula is C16H24FN2O3+. The number of aliphatic hydroxyl groups excluding tert-OH is 1. The summed E-state index contributed by atoms with van der Waals surface area (Å²) >= 11 is 0. The molecule has 2 N–H and O–H groups in total. The number of nitrogens with one attached hydrogen (secondary N) is 1. The first-order valence-electron chi connectivity index (χ1n) is 7.64. The quantitative estimate of drug-likeness (QED) is 0.741. The molecule has 1 saturated heterocycles. The first-order chi connectivity index (χ1) is 10.6. The summed E-state index contributed by atoms with van der Waals surface area (Å²) in [6.07, 6.45) is -0.578. The van der Waals surface area contributed by atoms with Crippen molar-refractivity contribution in [3.8, 4) is 0 Å². The maximum absolute atomic E-state index is 13.4. The number of aliphatic hydroxyl groups is 1. The van der Waals surface area contributed by atoms with E-state index in [9.17, 15) is 14.3 Å². The molecule has 0 aromatic heterocycles. The Hall–Kier alpha value is -1.50. The van der Waals surface area contributed by atoms with Gasteiger partial charge < -0.3 is 19.6 Å². The molecule has 1 aromatic carbocycles. The van der Waals surface area contributed by atoms with Crippen LogP contribution in [0, 0.1) is 5.82 Å². The molecule has 0 saturated carbocycles. The van der Waals surface area contributed by atoms with Crippen LogP contribution in [0.4, 0.5) is 4.39 Å². The number of carbonyl (C=O) groups excluding carboxylic acids is 1. The second kappa shape index (κ2) is 8.22. The Bertz CT molecular complexity index is 490. The van der Waals surface area contributed by atoms with Crippen molar-refractivity contribution in [1.82, 2.24) is 4.90 Å². The van der Waals surface area contributed by atoms with Crippen molar-refractivity contribution in [2.24, 2.45) is 0 Å². The number of rotatable bonds is 6. The summed E-state index contributed by atoms with van der Waals surface area (Å²) in [6.45, 7) is 5.65. The molecule has 1 fully saturated rings. The summed E-state index contributed by atoms with van der Waals surface area (Å²) in [6, 6.07) is 6.47. The number of hydrogen-bond acceptors (Lipinski definition) is 3. The lowest BCUT2D eigenvalue weighted by Gasteiger charge is -2.32. The van der Waals surface area contributed by atoms with Gasteiger partial charge in [-0.3, -0.25) is 4.79 Å². The number of carbonyl (C=O) groups is 1. The zero-order valence-electron chi connectivity index (χ0n) is 12.9. The second-order valence-corrected chi connectivity index (χ2v) is 5.72. The van der Waals surface area contributed by atoms with Gasteiger partial charge in [0.2, 0.25) is 5.91 Å². The van der Waals surface area contributed by atoms with Crippen molar-refractivity contribution in [3.05, 3.63) is 35.6 Å². The summed E-state index contributed by atoms with van der Waals surface area (Å²) < 4.78 is 18.8. The van der Waals surface area contributed by atoms with Crippen LogP contribution in [0.2, 0.25) is 0 Å². The fourth-order valence-electron chi connectivity index (χ4n) is 2.65. The van der Waals surface area contributed by atoms with Crippen molar-refractivity contribution < 1.29 is 23.9 Å². The van der Waals surface area contributed by atoms with Gasteiger partial charge in [0.25, 0.3) is 0 Å². The van der Waals surface area contributed by atoms with Gasteiger partial charge in [0.1, 0.15) is 18.5 Å². The Morgan fingerprint density at radius 2 is 2.09 bits per heavy atom. The Morgan fingerprint density at radius 1 is 1.41 bits per heavy atom. The lowest BCUT2D eigenvalue weighted by molar-refractivity contribution is -0.907. The largest absolute Gasteiger partial charge is 0.385 e. The first kappa shape index (κ1) is 16.9. The molecule has 0 radical (unpaired) electrons. The van der Waals surface area contributed by atoms with E-state index in [1.807, 2.05) is 4.90 Å². The average molecular weight is 311 g/mol. The number of halogens is 1. The second-order valence-electron chi connectivity index (χ2n) is 5.72. The molecule has 2 rings (SSSR count). The molecule has 0 unspecified atom stereocenters. The highest BCUT2D eigenvalue weighted by Gasteiger charge is 2.23. The minimum atomic E-state index is -0.578. The van der Waals surface area contributed by atoms with E-state index in [0.29, 0.717) is 12.1 Å². The first-order valence-corrected chi connectivity index (χ1v) is 7.64. The zero-order chi connectivity index (χ0) is 15.9. The van der Waals surface area contributed by atoms with Gasteiger partial charge in [0.05, 0.1) is 39.4 Å². The molecule has 122 valence electrons. The number of piperazine rings is 1. The fraction of sp³-hybridized carbons (Fsp3) is 0.562. The van der Waals surface area contributed by atoms with Crippen LogP contribution in [0.25, 0.3) is 0 Å². The van der Waals surface area contributed by atoms with E-state index in [1.54, 1.807) is 25.1 Å². The topological polar surface area (TPSA) is 54.2 Å². The predicted molar refractivity (Wildman–Crippen MR) is 79.9 cm³/mol. The monoisotopic (exact) mass is 311 g/mol. The van der Waals surface area contributed by atoms with E-state index in [0.717, 1.165) is 26.2 Å². The van der Waals surface area contributed by atoms with Gasteiger partial charge in [-0.15, -0.1) is 0 Å². The normalized spacial score (nSPS) is 17.5. The Balaban J connectivity index is 1.65. The number of amides is 1. The number of ether oxygens (including phenoxy) is 1. The van der Waals surface area contributed by atoms with Gasteiger partial charge in [0, 0.05) is 12.5 Å². The minimum Gasteiger partial charge on any atom is -0.385 e. The highest BCUT2D eigenvalue weighted by atomic mass is 19.1. The predicted octanol–water partition coefficient (Wildman–Crippen LogP) is -0.550. The van der Waals surface area contributed by atoms with Crippen molar-refractivity contribution in [2.45, 2.75) is 19.6 Å². The molecule has 5 nitrogen and oxygen atoms in total. The molecule has 1 heterocycles. The van der Waals surface area contributed by atoms with Crippen LogP contribution in [-0.4, -0.2) is 61.3 Å². The van der Waals surface area contributed by atoms with Crippen LogP contribution in [-0.2, 0) is 16.1 Å². The molecule has 1 aliphatic heterocycles. The molecule has 1 atom stereocenters. The van der Waals surface area contributed by atoms with Gasteiger partial charge in [-0.2, -0.15) is 0 Å². The Kier molecular flexibility index (Phi) is 6.30. The lowest BCUT2D eigenvalue weighted by atomic mass is 10.2. The van der Waals surface area contributed by atoms with E-state index < -0.39 is 6.10 Å². The summed E-state index contributed by atoms with van der Waals surface area (Å²) in [7, 11) is 0. The van der Waals surface area contributed by atoms with Crippen molar-refractivity contribution in [1.29, 1.82) is 0 Å². The van der Waals surface area contributed by atoms with Crippen molar-refractivity contribution >= 4 is 5.91 Å². The molecule has 22 heavy (non-hydrogen) atoms. The fourth-order valence-corrected chi connectivity index (χ4v) is 2.65. The van der Waals surface area contributed by atoms with E-state index in [1.165, 1.54) is 11.0 Å². The molecule has 0 aliphatic carbocycles. The number of hydrogen-bond donors (Lipinski definition) is 2. The summed E-state index contributed by atoms with van der Waals surface area (Å²) in [5.74, 6) is -0.184. The van der Waals surface area contributed by atoms with Crippen molar-refractivity contribution in [3.63, 3.8) is 0 Å². The highest BCUT2D eigenvalue weighted by Crippen LogP contribution is 2.07. The third-order valence-electron chi connectivity index (χ3n) is 3.97. The van der Waals surface area contributed by atoms with Gasteiger partial charge in [-0.05, 0) is 6.07 Å². The van der Waals surface area contributed by atoms with Crippen molar-refractivity contribution in [2.75, 3.05) is 39.3 Å². The minimum absolute atomic E-state index is 0.104. The molecular weight excluding hydrogens is 287 g/mol. The molecule has 1 amide bonds. The van der Waals surface area contributed by atoms with Gasteiger partial charge in [-0.1, -0.05) is 18.2 Å². The molecule has 1 aliphatic rings. The molecule has 0 spiro atoms. The summed E-state index contributed by atoms with van der Waals surface area (Å²) in [5, 5.41) is 10.0. The number of quaternary nitrogens is 1. The third kappa shape index (κ3) is 5.05. The standard InChI is InChI=1S/C16H23FN2O3/c1-13(20)19-8-6-18(7-9-19)10-15(21)12-22-11-14-4-2-3-5-16(14)17/h2-5,15,21H,6-12H2,1H3/p+1/t15-/m1/s1. The lowest BCUT2D eigenvalue weighted by Crippen LogP contribution is -3.15. The Labute approximate surface area is 130 Å². The smallest absolute Gasteiger partial charge is 0.219 e. The number of benzene rings is 1.